The Bertz CT molecular complexity index is 1250. The van der Waals surface area contributed by atoms with E-state index in [4.69, 9.17) is 10.5 Å². The number of likely N-dealkylation sites (tertiary alicyclic amines) is 1. The number of nitrogens with one attached hydrogen (secondary N) is 2. The fourth-order valence-corrected chi connectivity index (χ4v) is 4.56. The fraction of sp³-hybridized carbons (Fsp3) is 0.448. The predicted octanol–water partition coefficient (Wildman–Crippen LogP) is 0.826. The van der Waals surface area contributed by atoms with Gasteiger partial charge in [-0.25, -0.2) is 4.79 Å². The monoisotopic (exact) mass is 567 g/mol. The molecule has 3 rings (SSSR count). The first-order valence-electron chi connectivity index (χ1n) is 13.4. The summed E-state index contributed by atoms with van der Waals surface area (Å²) in [6.45, 7) is 4.80. The summed E-state index contributed by atoms with van der Waals surface area (Å²) < 4.78 is 5.45. The molecule has 41 heavy (non-hydrogen) atoms. The summed E-state index contributed by atoms with van der Waals surface area (Å²) in [7, 11) is 0. The Morgan fingerprint density at radius 2 is 1.85 bits per heavy atom. The number of carbonyl (C=O) groups excluding carboxylic acids is 5. The molecule has 0 saturated carbocycles. The van der Waals surface area contributed by atoms with Gasteiger partial charge in [-0.1, -0.05) is 30.3 Å². The summed E-state index contributed by atoms with van der Waals surface area (Å²) >= 11 is 0. The van der Waals surface area contributed by atoms with E-state index in [1.165, 1.54) is 24.5 Å². The zero-order chi connectivity index (χ0) is 30.2. The standard InChI is InChI=1S/C29H37N5O7/c1-28(2,3)41-27(39)29(40)22(14-16-34(29)24(36)13-7-11-19-9-5-4-6-10-19)33-26(38)21(17-23(30)35)32-25(37)20-12-8-15-31-18-20/h4-6,8-10,12,15,18,21-22,40H,7,11,13-14,16-17H2,1-3H3,(H2,30,35)(H,32,37)(H,33,38)/t21-,22-,29-/m0/s1. The maximum atomic E-state index is 13.3. The third-order valence-electron chi connectivity index (χ3n) is 6.51. The highest BCUT2D eigenvalue weighted by Crippen LogP contribution is 2.31. The summed E-state index contributed by atoms with van der Waals surface area (Å²) in [4.78, 5) is 69.1. The Kier molecular flexibility index (Phi) is 10.2. The van der Waals surface area contributed by atoms with E-state index in [0.29, 0.717) is 12.8 Å². The van der Waals surface area contributed by atoms with Gasteiger partial charge in [0, 0.05) is 25.4 Å². The number of pyridine rings is 1. The van der Waals surface area contributed by atoms with E-state index in [9.17, 15) is 29.1 Å². The molecule has 1 aliphatic heterocycles. The lowest BCUT2D eigenvalue weighted by Crippen LogP contribution is -2.65. The summed E-state index contributed by atoms with van der Waals surface area (Å²) in [5.41, 5.74) is 2.99. The number of nitrogens with zero attached hydrogens (tertiary/aromatic N) is 2. The van der Waals surface area contributed by atoms with Crippen LogP contribution in [-0.2, 0) is 30.3 Å². The smallest absolute Gasteiger partial charge is 0.362 e. The van der Waals surface area contributed by atoms with Crippen LogP contribution < -0.4 is 16.4 Å². The van der Waals surface area contributed by atoms with Crippen LogP contribution in [0.4, 0.5) is 0 Å². The third kappa shape index (κ3) is 8.34. The molecule has 1 aliphatic rings. The molecule has 2 heterocycles. The number of hydrogen-bond donors (Lipinski definition) is 4. The van der Waals surface area contributed by atoms with Gasteiger partial charge in [0.25, 0.3) is 11.6 Å². The number of aromatic nitrogens is 1. The molecule has 1 saturated heterocycles. The van der Waals surface area contributed by atoms with Gasteiger partial charge in [0.1, 0.15) is 11.6 Å². The number of carbonyl (C=O) groups is 5. The molecule has 1 aromatic heterocycles. The van der Waals surface area contributed by atoms with Crippen molar-refractivity contribution in [2.75, 3.05) is 6.54 Å². The van der Waals surface area contributed by atoms with Gasteiger partial charge in [-0.3, -0.25) is 24.2 Å². The summed E-state index contributed by atoms with van der Waals surface area (Å²) in [5, 5.41) is 16.7. The van der Waals surface area contributed by atoms with Gasteiger partial charge in [0.2, 0.25) is 17.7 Å². The SMILES string of the molecule is CC(C)(C)OC(=O)[C@@]1(O)[C@@H](NC(=O)[C@H](CC(N)=O)NC(=O)c2cccnc2)CCN1C(=O)CCCc1ccccc1. The van der Waals surface area contributed by atoms with Crippen molar-refractivity contribution in [3.63, 3.8) is 0 Å². The van der Waals surface area contributed by atoms with Crippen LogP contribution in [0.25, 0.3) is 0 Å². The minimum absolute atomic E-state index is 0.0196. The lowest BCUT2D eigenvalue weighted by molar-refractivity contribution is -0.200. The zero-order valence-electron chi connectivity index (χ0n) is 23.5. The summed E-state index contributed by atoms with van der Waals surface area (Å²) in [6.07, 6.45) is 3.37. The van der Waals surface area contributed by atoms with Crippen molar-refractivity contribution < 1.29 is 33.8 Å². The number of aryl methyl sites for hydroxylation is 1. The molecule has 0 bridgehead atoms. The van der Waals surface area contributed by atoms with E-state index < -0.39 is 59.4 Å². The number of benzene rings is 1. The second-order valence-electron chi connectivity index (χ2n) is 10.9. The number of esters is 1. The van der Waals surface area contributed by atoms with Crippen LogP contribution in [0.15, 0.2) is 54.9 Å². The van der Waals surface area contributed by atoms with E-state index in [1.54, 1.807) is 20.8 Å². The van der Waals surface area contributed by atoms with Crippen molar-refractivity contribution in [1.29, 1.82) is 0 Å². The van der Waals surface area contributed by atoms with Crippen molar-refractivity contribution in [3.05, 3.63) is 66.0 Å². The van der Waals surface area contributed by atoms with Crippen LogP contribution in [0.1, 0.15) is 62.4 Å². The van der Waals surface area contributed by atoms with E-state index >= 15 is 0 Å². The number of aliphatic hydroxyl groups is 1. The molecule has 0 radical (unpaired) electrons. The molecule has 1 fully saturated rings. The molecule has 220 valence electrons. The maximum Gasteiger partial charge on any atom is 0.362 e. The van der Waals surface area contributed by atoms with E-state index in [0.717, 1.165) is 10.5 Å². The maximum absolute atomic E-state index is 13.3. The third-order valence-corrected chi connectivity index (χ3v) is 6.51. The number of primary amides is 1. The second kappa shape index (κ2) is 13.4. The van der Waals surface area contributed by atoms with Gasteiger partial charge in [-0.2, -0.15) is 0 Å². The summed E-state index contributed by atoms with van der Waals surface area (Å²) in [5.74, 6) is -3.99. The number of amides is 4. The molecule has 4 amide bonds. The molecule has 1 aromatic carbocycles. The van der Waals surface area contributed by atoms with Crippen molar-refractivity contribution in [2.24, 2.45) is 5.73 Å². The minimum atomic E-state index is -2.52. The second-order valence-corrected chi connectivity index (χ2v) is 10.9. The largest absolute Gasteiger partial charge is 0.456 e. The molecule has 3 atom stereocenters. The first-order chi connectivity index (χ1) is 19.3. The van der Waals surface area contributed by atoms with Gasteiger partial charge in [-0.05, 0) is 57.7 Å². The predicted molar refractivity (Wildman–Crippen MR) is 148 cm³/mol. The zero-order valence-corrected chi connectivity index (χ0v) is 23.5. The molecular weight excluding hydrogens is 530 g/mol. The molecule has 12 nitrogen and oxygen atoms in total. The van der Waals surface area contributed by atoms with Crippen LogP contribution in [0, 0.1) is 0 Å². The molecule has 2 aromatic rings. The molecule has 12 heteroatoms. The summed E-state index contributed by atoms with van der Waals surface area (Å²) in [6, 6.07) is 9.88. The van der Waals surface area contributed by atoms with Gasteiger partial charge in [0.05, 0.1) is 18.0 Å². The van der Waals surface area contributed by atoms with Crippen molar-refractivity contribution in [1.82, 2.24) is 20.5 Å². The molecular formula is C29H37N5O7. The highest BCUT2D eigenvalue weighted by molar-refractivity contribution is 5.99. The highest BCUT2D eigenvalue weighted by atomic mass is 16.6. The van der Waals surface area contributed by atoms with Gasteiger partial charge < -0.3 is 31.1 Å². The molecule has 5 N–H and O–H groups in total. The Balaban J connectivity index is 1.79. The van der Waals surface area contributed by atoms with E-state index in [-0.39, 0.29) is 24.9 Å². The lowest BCUT2D eigenvalue weighted by Gasteiger charge is -2.37. The van der Waals surface area contributed by atoms with Crippen LogP contribution in [0.2, 0.25) is 0 Å². The average Bonchev–Trinajstić information content (AvgIpc) is 3.25. The Labute approximate surface area is 238 Å². The average molecular weight is 568 g/mol. The van der Waals surface area contributed by atoms with Crippen LogP contribution in [0.5, 0.6) is 0 Å². The first-order valence-corrected chi connectivity index (χ1v) is 13.4. The number of ether oxygens (including phenoxy) is 1. The van der Waals surface area contributed by atoms with Crippen LogP contribution >= 0.6 is 0 Å². The topological polar surface area (TPSA) is 181 Å². The van der Waals surface area contributed by atoms with Gasteiger partial charge >= 0.3 is 5.97 Å². The Morgan fingerprint density at radius 1 is 1.15 bits per heavy atom. The number of nitrogens with two attached hydrogens (primary N) is 1. The normalized spacial score (nSPS) is 19.2. The number of hydrogen-bond acceptors (Lipinski definition) is 8. The number of rotatable bonds is 11. The first kappa shape index (κ1) is 31.2. The van der Waals surface area contributed by atoms with Crippen LogP contribution in [-0.4, -0.2) is 74.5 Å². The Morgan fingerprint density at radius 3 is 2.46 bits per heavy atom. The van der Waals surface area contributed by atoms with Gasteiger partial charge in [0.15, 0.2) is 0 Å². The van der Waals surface area contributed by atoms with E-state index in [1.807, 2.05) is 30.3 Å². The van der Waals surface area contributed by atoms with Crippen molar-refractivity contribution in [2.45, 2.75) is 76.3 Å². The molecule has 0 unspecified atom stereocenters. The molecule has 0 aliphatic carbocycles. The Hall–Kier alpha value is -4.32. The highest BCUT2D eigenvalue weighted by Gasteiger charge is 2.58. The van der Waals surface area contributed by atoms with Gasteiger partial charge in [-0.15, -0.1) is 0 Å². The fourth-order valence-electron chi connectivity index (χ4n) is 4.56. The van der Waals surface area contributed by atoms with Crippen molar-refractivity contribution >= 4 is 29.6 Å². The van der Waals surface area contributed by atoms with Crippen LogP contribution in [0.3, 0.4) is 0 Å². The van der Waals surface area contributed by atoms with E-state index in [2.05, 4.69) is 15.6 Å². The van der Waals surface area contributed by atoms with Crippen molar-refractivity contribution in [3.8, 4) is 0 Å². The quantitative estimate of drug-likeness (QED) is 0.288. The molecule has 0 spiro atoms. The minimum Gasteiger partial charge on any atom is -0.456 e. The lowest BCUT2D eigenvalue weighted by atomic mass is 10.0.